The van der Waals surface area contributed by atoms with Crippen molar-refractivity contribution in [2.75, 3.05) is 16.7 Å². The van der Waals surface area contributed by atoms with Crippen molar-refractivity contribution in [2.24, 2.45) is 24.6 Å². The Morgan fingerprint density at radius 3 is 2.48 bits per heavy atom. The quantitative estimate of drug-likeness (QED) is 0.180. The molecule has 1 heterocycles. The smallest absolute Gasteiger partial charge is 0.331 e. The third-order valence-electron chi connectivity index (χ3n) is 8.28. The third kappa shape index (κ3) is 6.12. The van der Waals surface area contributed by atoms with Gasteiger partial charge in [0.15, 0.2) is 0 Å². The molecule has 4 aromatic rings. The number of hydrogen-bond acceptors (Lipinski definition) is 5. The average molecular weight is 600 g/mol. The number of fused-ring (bicyclic) bond motifs is 1. The van der Waals surface area contributed by atoms with Gasteiger partial charge in [-0.3, -0.25) is 4.79 Å². The number of nitrogens with two attached hydrogens (primary N) is 1. The first kappa shape index (κ1) is 29.9. The molecule has 4 atom stereocenters. The maximum atomic E-state index is 14.4. The van der Waals surface area contributed by atoms with Crippen LogP contribution in [0.3, 0.4) is 0 Å². The highest BCUT2D eigenvalue weighted by Gasteiger charge is 2.39. The van der Waals surface area contributed by atoms with Gasteiger partial charge in [0.2, 0.25) is 5.91 Å². The Kier molecular flexibility index (Phi) is 8.26. The molecule has 1 saturated carbocycles. The van der Waals surface area contributed by atoms with Gasteiger partial charge in [-0.15, -0.1) is 0 Å². The lowest BCUT2D eigenvalue weighted by molar-refractivity contribution is -0.137. The average Bonchev–Trinajstić information content (AvgIpc) is 3.22. The molecule has 1 aliphatic rings. The van der Waals surface area contributed by atoms with Crippen molar-refractivity contribution in [1.29, 1.82) is 0 Å². The van der Waals surface area contributed by atoms with Crippen molar-refractivity contribution in [3.05, 3.63) is 83.4 Å². The van der Waals surface area contributed by atoms with E-state index in [0.29, 0.717) is 18.9 Å². The van der Waals surface area contributed by atoms with Gasteiger partial charge in [-0.25, -0.2) is 9.37 Å². The number of imidazole rings is 1. The molecule has 3 N–H and O–H groups in total. The van der Waals surface area contributed by atoms with Gasteiger partial charge in [-0.2, -0.15) is 13.2 Å². The number of carbonyl (C=O) groups excluding carboxylic acids is 1. The first-order chi connectivity index (χ1) is 19.8. The van der Waals surface area contributed by atoms with Gasteiger partial charge in [0.25, 0.3) is 0 Å². The zero-order valence-corrected chi connectivity index (χ0v) is 24.6. The molecule has 1 amide bonds. The Morgan fingerprint density at radius 2 is 1.81 bits per heavy atom. The lowest BCUT2D eigenvalue weighted by Gasteiger charge is -2.38. The Hall–Kier alpha value is -3.57. The number of nitrogens with zero attached hydrogens (tertiary/aromatic N) is 3. The van der Waals surface area contributed by atoms with E-state index in [1.807, 2.05) is 52.2 Å². The molecular formula is C31H33F4N5OS. The summed E-state index contributed by atoms with van der Waals surface area (Å²) < 4.78 is 57.3. The minimum absolute atomic E-state index is 0.0104. The van der Waals surface area contributed by atoms with E-state index in [4.69, 9.17) is 5.73 Å². The van der Waals surface area contributed by atoms with Crippen LogP contribution in [-0.4, -0.2) is 28.5 Å². The second-order valence-corrected chi connectivity index (χ2v) is 12.2. The van der Waals surface area contributed by atoms with Gasteiger partial charge < -0.3 is 19.9 Å². The van der Waals surface area contributed by atoms with E-state index in [0.717, 1.165) is 45.1 Å². The van der Waals surface area contributed by atoms with E-state index < -0.39 is 29.4 Å². The van der Waals surface area contributed by atoms with E-state index >= 15 is 0 Å². The number of benzene rings is 3. The zero-order chi connectivity index (χ0) is 30.3. The molecule has 1 aliphatic carbocycles. The topological polar surface area (TPSA) is 76.2 Å². The molecule has 42 heavy (non-hydrogen) atoms. The van der Waals surface area contributed by atoms with Crippen molar-refractivity contribution in [3.8, 4) is 0 Å². The summed E-state index contributed by atoms with van der Waals surface area (Å²) in [5, 5.41) is 2.49. The maximum absolute atomic E-state index is 14.4. The summed E-state index contributed by atoms with van der Waals surface area (Å²) in [5.41, 5.74) is 9.05. The van der Waals surface area contributed by atoms with Gasteiger partial charge in [0, 0.05) is 36.6 Å². The molecule has 3 aromatic carbocycles. The van der Waals surface area contributed by atoms with E-state index in [2.05, 4.69) is 37.4 Å². The van der Waals surface area contributed by atoms with Crippen molar-refractivity contribution in [2.45, 2.75) is 49.7 Å². The van der Waals surface area contributed by atoms with Crippen molar-refractivity contribution < 1.29 is 22.4 Å². The number of anilines is 2. The fourth-order valence-corrected chi connectivity index (χ4v) is 6.60. The van der Waals surface area contributed by atoms with Crippen molar-refractivity contribution in [1.82, 2.24) is 9.55 Å². The molecule has 0 aliphatic heterocycles. The molecule has 0 spiro atoms. The molecule has 5 rings (SSSR count). The second-order valence-electron chi connectivity index (χ2n) is 11.0. The number of halogens is 4. The zero-order valence-electron chi connectivity index (χ0n) is 23.7. The molecule has 0 saturated heterocycles. The Morgan fingerprint density at radius 1 is 1.10 bits per heavy atom. The Balaban J connectivity index is 1.27. The summed E-state index contributed by atoms with van der Waals surface area (Å²) in [4.78, 5) is 18.9. The van der Waals surface area contributed by atoms with Gasteiger partial charge in [0.1, 0.15) is 11.6 Å². The monoisotopic (exact) mass is 599 g/mol. The fourth-order valence-electron chi connectivity index (χ4n) is 5.76. The maximum Gasteiger partial charge on any atom is 0.416 e. The highest BCUT2D eigenvalue weighted by atomic mass is 32.2. The third-order valence-corrected chi connectivity index (χ3v) is 9.23. The first-order valence-electron chi connectivity index (χ1n) is 13.7. The number of nitrogens with one attached hydrogen (secondary N) is 1. The summed E-state index contributed by atoms with van der Waals surface area (Å²) in [7, 11) is 3.99. The van der Waals surface area contributed by atoms with Gasteiger partial charge in [0.05, 0.1) is 22.3 Å². The minimum Gasteiger partial charge on any atom is -0.331 e. The fraction of sp³-hybridized carbons (Fsp3) is 0.355. The van der Waals surface area contributed by atoms with Crippen LogP contribution in [0.5, 0.6) is 0 Å². The van der Waals surface area contributed by atoms with Gasteiger partial charge in [-0.1, -0.05) is 19.1 Å². The highest BCUT2D eigenvalue weighted by Crippen LogP contribution is 2.42. The van der Waals surface area contributed by atoms with Crippen LogP contribution in [0.1, 0.15) is 42.6 Å². The van der Waals surface area contributed by atoms with Gasteiger partial charge in [-0.05, 0) is 97.6 Å². The van der Waals surface area contributed by atoms with E-state index in [1.165, 1.54) is 0 Å². The summed E-state index contributed by atoms with van der Waals surface area (Å²) in [6.45, 7) is 3.95. The van der Waals surface area contributed by atoms with Crippen LogP contribution in [0.2, 0.25) is 0 Å². The van der Waals surface area contributed by atoms with E-state index in [9.17, 15) is 22.4 Å². The number of alkyl halides is 3. The Labute approximate surface area is 246 Å². The lowest BCUT2D eigenvalue weighted by Crippen LogP contribution is -2.42. The number of amides is 1. The van der Waals surface area contributed by atoms with Gasteiger partial charge >= 0.3 is 6.18 Å². The molecule has 1 fully saturated rings. The van der Waals surface area contributed by atoms with Crippen LogP contribution < -0.4 is 15.4 Å². The van der Waals surface area contributed by atoms with Crippen LogP contribution in [-0.2, 0) is 18.0 Å². The Bertz CT molecular complexity index is 1600. The summed E-state index contributed by atoms with van der Waals surface area (Å²) in [6.07, 6.45) is -3.58. The predicted molar refractivity (Wildman–Crippen MR) is 159 cm³/mol. The molecule has 222 valence electrons. The normalized spacial score (nSPS) is 21.0. The summed E-state index contributed by atoms with van der Waals surface area (Å²) in [6, 6.07) is 16.2. The largest absolute Gasteiger partial charge is 0.416 e. The standard InChI is InChI=1S/C31H33F4N5OS/c1-17-24(14-21(36)15-25(17)30(41)38-27-11-7-20(13-26(27)32)31(33,34)35)19-5-8-22(9-6-19)40(4)42-23-10-12-29-28(16-23)37-18(2)39(29)3/h5-13,16-17,21,24-25H,14-15,36H2,1-4H3,(H,38,41)/t17-,21?,24?,25?/m1/s1. The van der Waals surface area contributed by atoms with Crippen LogP contribution in [0.15, 0.2) is 65.6 Å². The molecule has 11 heteroatoms. The molecule has 0 radical (unpaired) electrons. The van der Waals surface area contributed by atoms with E-state index in [1.54, 1.807) is 11.9 Å². The number of aryl methyl sites for hydroxylation is 2. The van der Waals surface area contributed by atoms with Crippen LogP contribution in [0, 0.1) is 24.6 Å². The minimum atomic E-state index is -4.67. The molecule has 0 bridgehead atoms. The van der Waals surface area contributed by atoms with Crippen LogP contribution in [0.4, 0.5) is 28.9 Å². The molecule has 6 nitrogen and oxygen atoms in total. The number of aromatic nitrogens is 2. The van der Waals surface area contributed by atoms with Crippen LogP contribution in [0.25, 0.3) is 11.0 Å². The van der Waals surface area contributed by atoms with E-state index in [-0.39, 0.29) is 23.6 Å². The molecule has 3 unspecified atom stereocenters. The van der Waals surface area contributed by atoms with Crippen molar-refractivity contribution in [3.63, 3.8) is 0 Å². The lowest BCUT2D eigenvalue weighted by atomic mass is 9.68. The number of rotatable bonds is 6. The summed E-state index contributed by atoms with van der Waals surface area (Å²) in [5.74, 6) is -1.27. The molecule has 1 aromatic heterocycles. The SMILES string of the molecule is Cc1nc2cc(SN(C)c3ccc(C4CC(N)CC(C(=O)Nc5ccc(C(F)(F)F)cc5F)[C@@H]4C)cc3)ccc2n1C. The number of carbonyl (C=O) groups is 1. The second kappa shape index (κ2) is 11.6. The number of hydrogen-bond donors (Lipinski definition) is 2. The first-order valence-corrected chi connectivity index (χ1v) is 14.5. The summed E-state index contributed by atoms with van der Waals surface area (Å²) >= 11 is 1.60. The highest BCUT2D eigenvalue weighted by molar-refractivity contribution is 8.00. The predicted octanol–water partition coefficient (Wildman–Crippen LogP) is 7.28. The van der Waals surface area contributed by atoms with Crippen molar-refractivity contribution >= 4 is 40.3 Å². The van der Waals surface area contributed by atoms with Crippen LogP contribution >= 0.6 is 11.9 Å². The molecular weight excluding hydrogens is 566 g/mol.